The van der Waals surface area contributed by atoms with Gasteiger partial charge in [0.05, 0.1) is 16.3 Å². The highest BCUT2D eigenvalue weighted by Gasteiger charge is 2.09. The van der Waals surface area contributed by atoms with E-state index in [0.717, 1.165) is 33.0 Å². The monoisotopic (exact) mass is 331 g/mol. The van der Waals surface area contributed by atoms with Gasteiger partial charge >= 0.3 is 0 Å². The summed E-state index contributed by atoms with van der Waals surface area (Å²) in [5.74, 6) is -0.227. The third-order valence-corrected chi connectivity index (χ3v) is 4.74. The summed E-state index contributed by atoms with van der Waals surface area (Å²) in [5.41, 5.74) is 4.94. The summed E-state index contributed by atoms with van der Waals surface area (Å²) in [6, 6.07) is 24.9. The summed E-state index contributed by atoms with van der Waals surface area (Å²) < 4.78 is 13.2. The largest absolute Gasteiger partial charge is 0.247 e. The maximum atomic E-state index is 13.2. The fourth-order valence-corrected chi connectivity index (χ4v) is 3.33. The molecule has 2 aromatic heterocycles. The highest BCUT2D eigenvalue weighted by Crippen LogP contribution is 2.31. The fraction of sp³-hybridized carbons (Fsp3) is 0. The van der Waals surface area contributed by atoms with Gasteiger partial charge in [-0.3, -0.25) is 0 Å². The van der Waals surface area contributed by atoms with Gasteiger partial charge in [-0.1, -0.05) is 48.5 Å². The molecule has 24 heavy (non-hydrogen) atoms. The molecule has 0 radical (unpaired) electrons. The van der Waals surface area contributed by atoms with Gasteiger partial charge in [-0.15, -0.1) is 11.3 Å². The molecule has 116 valence electrons. The van der Waals surface area contributed by atoms with Crippen molar-refractivity contribution in [1.29, 1.82) is 0 Å². The fourth-order valence-electron chi connectivity index (χ4n) is 2.65. The van der Waals surface area contributed by atoms with Crippen molar-refractivity contribution < 1.29 is 4.39 Å². The lowest BCUT2D eigenvalue weighted by molar-refractivity contribution is 0.628. The molecule has 3 heteroatoms. The average molecular weight is 331 g/mol. The molecule has 0 fully saturated rings. The lowest BCUT2D eigenvalue weighted by atomic mass is 10.0. The predicted molar refractivity (Wildman–Crippen MR) is 98.4 cm³/mol. The molecule has 0 aliphatic rings. The maximum Gasteiger partial charge on any atom is 0.123 e. The SMILES string of the molecule is Fc1ccc(-c2cc(-c3ccccc3)nc(-c3cccs3)c2)cc1. The van der Waals surface area contributed by atoms with Gasteiger partial charge in [-0.2, -0.15) is 0 Å². The number of benzene rings is 2. The molecule has 0 N–H and O–H groups in total. The second kappa shape index (κ2) is 6.38. The van der Waals surface area contributed by atoms with Crippen LogP contribution < -0.4 is 0 Å². The number of hydrogen-bond donors (Lipinski definition) is 0. The van der Waals surface area contributed by atoms with Gasteiger partial charge in [0.1, 0.15) is 5.82 Å². The number of halogens is 1. The first kappa shape index (κ1) is 14.8. The summed E-state index contributed by atoms with van der Waals surface area (Å²) in [7, 11) is 0. The minimum Gasteiger partial charge on any atom is -0.247 e. The lowest BCUT2D eigenvalue weighted by Gasteiger charge is -2.09. The Morgan fingerprint density at radius 1 is 0.667 bits per heavy atom. The van der Waals surface area contributed by atoms with Crippen LogP contribution in [0.25, 0.3) is 33.0 Å². The number of nitrogens with zero attached hydrogens (tertiary/aromatic N) is 1. The first-order valence-corrected chi connectivity index (χ1v) is 8.55. The van der Waals surface area contributed by atoms with Crippen LogP contribution in [0, 0.1) is 5.82 Å². The predicted octanol–water partition coefficient (Wildman–Crippen LogP) is 6.28. The number of aromatic nitrogens is 1. The second-order valence-electron chi connectivity index (χ2n) is 5.48. The van der Waals surface area contributed by atoms with E-state index in [2.05, 4.69) is 30.3 Å². The molecule has 0 amide bonds. The van der Waals surface area contributed by atoms with Crippen LogP contribution in [-0.4, -0.2) is 4.98 Å². The Morgan fingerprint density at radius 3 is 2.12 bits per heavy atom. The molecular weight excluding hydrogens is 317 g/mol. The maximum absolute atomic E-state index is 13.2. The standard InChI is InChI=1S/C21H14FNS/c22-18-10-8-15(9-11-18)17-13-19(16-5-2-1-3-6-16)23-20(14-17)21-7-4-12-24-21/h1-14H. The molecule has 0 saturated heterocycles. The van der Waals surface area contributed by atoms with E-state index in [1.54, 1.807) is 23.5 Å². The van der Waals surface area contributed by atoms with Gasteiger partial charge in [0.25, 0.3) is 0 Å². The normalized spacial score (nSPS) is 10.7. The van der Waals surface area contributed by atoms with Crippen LogP contribution >= 0.6 is 11.3 Å². The van der Waals surface area contributed by atoms with Crippen LogP contribution in [0.15, 0.2) is 84.2 Å². The van der Waals surface area contributed by atoms with Gasteiger partial charge in [0, 0.05) is 5.56 Å². The van der Waals surface area contributed by atoms with E-state index in [-0.39, 0.29) is 5.82 Å². The van der Waals surface area contributed by atoms with Gasteiger partial charge in [0.15, 0.2) is 0 Å². The van der Waals surface area contributed by atoms with Crippen LogP contribution in [0.5, 0.6) is 0 Å². The Morgan fingerprint density at radius 2 is 1.42 bits per heavy atom. The zero-order valence-corrected chi connectivity index (χ0v) is 13.6. The van der Waals surface area contributed by atoms with Crippen molar-refractivity contribution in [2.45, 2.75) is 0 Å². The van der Waals surface area contributed by atoms with Gasteiger partial charge in [-0.05, 0) is 46.8 Å². The summed E-state index contributed by atoms with van der Waals surface area (Å²) >= 11 is 1.66. The second-order valence-corrected chi connectivity index (χ2v) is 6.42. The van der Waals surface area contributed by atoms with E-state index in [9.17, 15) is 4.39 Å². The molecule has 1 nitrogen and oxygen atoms in total. The topological polar surface area (TPSA) is 12.9 Å². The summed E-state index contributed by atoms with van der Waals surface area (Å²) in [5, 5.41) is 2.05. The number of hydrogen-bond acceptors (Lipinski definition) is 2. The highest BCUT2D eigenvalue weighted by atomic mass is 32.1. The van der Waals surface area contributed by atoms with Crippen molar-refractivity contribution in [1.82, 2.24) is 4.98 Å². The molecule has 0 bridgehead atoms. The first-order chi connectivity index (χ1) is 11.8. The van der Waals surface area contributed by atoms with Crippen LogP contribution in [0.3, 0.4) is 0 Å². The highest BCUT2D eigenvalue weighted by molar-refractivity contribution is 7.13. The molecule has 4 aromatic rings. The van der Waals surface area contributed by atoms with Crippen LogP contribution in [0.1, 0.15) is 0 Å². The molecule has 0 unspecified atom stereocenters. The van der Waals surface area contributed by atoms with Gasteiger partial charge in [0.2, 0.25) is 0 Å². The molecule has 0 saturated carbocycles. The molecule has 0 aliphatic heterocycles. The van der Waals surface area contributed by atoms with Crippen molar-refractivity contribution in [2.24, 2.45) is 0 Å². The van der Waals surface area contributed by atoms with E-state index in [4.69, 9.17) is 4.98 Å². The first-order valence-electron chi connectivity index (χ1n) is 7.67. The molecule has 0 spiro atoms. The van der Waals surface area contributed by atoms with E-state index in [0.29, 0.717) is 0 Å². The third kappa shape index (κ3) is 2.99. The van der Waals surface area contributed by atoms with Gasteiger partial charge < -0.3 is 0 Å². The van der Waals surface area contributed by atoms with Crippen molar-refractivity contribution in [3.63, 3.8) is 0 Å². The molecular formula is C21H14FNS. The van der Waals surface area contributed by atoms with Crippen molar-refractivity contribution in [3.8, 4) is 33.0 Å². The smallest absolute Gasteiger partial charge is 0.123 e. The Hall–Kier alpha value is -2.78. The molecule has 2 aromatic carbocycles. The van der Waals surface area contributed by atoms with Gasteiger partial charge in [-0.25, -0.2) is 9.37 Å². The Labute approximate surface area is 144 Å². The zero-order valence-electron chi connectivity index (χ0n) is 12.8. The Kier molecular flexibility index (Phi) is 3.93. The van der Waals surface area contributed by atoms with Crippen LogP contribution in [0.2, 0.25) is 0 Å². The minimum absolute atomic E-state index is 0.227. The van der Waals surface area contributed by atoms with E-state index in [1.165, 1.54) is 12.1 Å². The number of rotatable bonds is 3. The van der Waals surface area contributed by atoms with Crippen LogP contribution in [0.4, 0.5) is 4.39 Å². The van der Waals surface area contributed by atoms with Crippen molar-refractivity contribution >= 4 is 11.3 Å². The minimum atomic E-state index is -0.227. The molecule has 0 atom stereocenters. The van der Waals surface area contributed by atoms with E-state index in [1.807, 2.05) is 29.6 Å². The average Bonchev–Trinajstić information content (AvgIpc) is 3.17. The zero-order chi connectivity index (χ0) is 16.4. The molecule has 4 rings (SSSR count). The summed E-state index contributed by atoms with van der Waals surface area (Å²) in [4.78, 5) is 5.95. The van der Waals surface area contributed by atoms with E-state index < -0.39 is 0 Å². The Balaban J connectivity index is 1.90. The Bertz CT molecular complexity index is 945. The summed E-state index contributed by atoms with van der Waals surface area (Å²) in [6.45, 7) is 0. The van der Waals surface area contributed by atoms with Crippen molar-refractivity contribution in [3.05, 3.63) is 90.1 Å². The summed E-state index contributed by atoms with van der Waals surface area (Å²) in [6.07, 6.45) is 0. The third-order valence-electron chi connectivity index (χ3n) is 3.85. The number of pyridine rings is 1. The quantitative estimate of drug-likeness (QED) is 0.430. The number of thiophene rings is 1. The molecule has 2 heterocycles. The van der Waals surface area contributed by atoms with Crippen molar-refractivity contribution in [2.75, 3.05) is 0 Å². The van der Waals surface area contributed by atoms with E-state index >= 15 is 0 Å². The lowest BCUT2D eigenvalue weighted by Crippen LogP contribution is -1.90. The molecule has 0 aliphatic carbocycles. The van der Waals surface area contributed by atoms with Crippen LogP contribution in [-0.2, 0) is 0 Å².